The Bertz CT molecular complexity index is 444. The molecule has 0 unspecified atom stereocenters. The molecule has 0 aromatic heterocycles. The number of halogens is 1. The van der Waals surface area contributed by atoms with Crippen molar-refractivity contribution >= 4 is 18.3 Å². The highest BCUT2D eigenvalue weighted by Gasteiger charge is 2.08. The normalized spacial score (nSPS) is 15.0. The molecule has 1 fully saturated rings. The molecule has 1 heterocycles. The highest BCUT2D eigenvalue weighted by atomic mass is 35.5. The van der Waals surface area contributed by atoms with E-state index in [-0.39, 0.29) is 18.3 Å². The second kappa shape index (κ2) is 11.4. The lowest BCUT2D eigenvalue weighted by Gasteiger charge is -2.27. The first-order chi connectivity index (χ1) is 10.7. The summed E-state index contributed by atoms with van der Waals surface area (Å²) in [6.07, 6.45) is 3.58. The number of carbonyl (C=O) groups is 1. The number of benzene rings is 1. The van der Waals surface area contributed by atoms with E-state index in [0.717, 1.165) is 58.5 Å². The van der Waals surface area contributed by atoms with Crippen molar-refractivity contribution in [3.05, 3.63) is 35.4 Å². The Balaban J connectivity index is 0.00000264. The summed E-state index contributed by atoms with van der Waals surface area (Å²) in [7, 11) is 0. The molecule has 5 heteroatoms. The number of rotatable bonds is 8. The quantitative estimate of drug-likeness (QED) is 0.713. The minimum Gasteiger partial charge on any atom is -0.356 e. The second-order valence-electron chi connectivity index (χ2n) is 6.13. The Morgan fingerprint density at radius 3 is 2.57 bits per heavy atom. The predicted octanol–water partition coefficient (Wildman–Crippen LogP) is 2.15. The van der Waals surface area contributed by atoms with Crippen molar-refractivity contribution in [1.82, 2.24) is 15.5 Å². The summed E-state index contributed by atoms with van der Waals surface area (Å²) in [5.74, 6) is 0.187. The summed E-state index contributed by atoms with van der Waals surface area (Å²) in [5, 5.41) is 6.39. The average Bonchev–Trinajstić information content (AvgIpc) is 2.54. The number of hydrogen-bond donors (Lipinski definition) is 2. The fourth-order valence-corrected chi connectivity index (χ4v) is 2.76. The van der Waals surface area contributed by atoms with Gasteiger partial charge in [0.05, 0.1) is 0 Å². The van der Waals surface area contributed by atoms with E-state index < -0.39 is 0 Å². The van der Waals surface area contributed by atoms with Crippen LogP contribution < -0.4 is 10.6 Å². The summed E-state index contributed by atoms with van der Waals surface area (Å²) in [4.78, 5) is 14.3. The zero-order valence-electron chi connectivity index (χ0n) is 14.1. The molecular formula is C18H30ClN3O. The zero-order valence-corrected chi connectivity index (χ0v) is 15.0. The van der Waals surface area contributed by atoms with Gasteiger partial charge in [0.15, 0.2) is 0 Å². The maximum atomic E-state index is 11.8. The van der Waals surface area contributed by atoms with Crippen LogP contribution in [-0.4, -0.2) is 50.1 Å². The van der Waals surface area contributed by atoms with Gasteiger partial charge in [-0.2, -0.15) is 0 Å². The fourth-order valence-electron chi connectivity index (χ4n) is 2.76. The summed E-state index contributed by atoms with van der Waals surface area (Å²) < 4.78 is 0. The van der Waals surface area contributed by atoms with Gasteiger partial charge in [-0.15, -0.1) is 12.4 Å². The number of nitrogens with zero attached hydrogens (tertiary/aromatic N) is 1. The van der Waals surface area contributed by atoms with Crippen molar-refractivity contribution < 1.29 is 4.79 Å². The van der Waals surface area contributed by atoms with Crippen molar-refractivity contribution in [2.24, 2.45) is 0 Å². The van der Waals surface area contributed by atoms with E-state index in [1.807, 2.05) is 0 Å². The molecule has 130 valence electrons. The fraction of sp³-hybridized carbons (Fsp3) is 0.611. The van der Waals surface area contributed by atoms with E-state index in [1.165, 1.54) is 11.1 Å². The van der Waals surface area contributed by atoms with Gasteiger partial charge in [-0.3, -0.25) is 4.79 Å². The van der Waals surface area contributed by atoms with Crippen LogP contribution in [0.25, 0.3) is 0 Å². The smallest absolute Gasteiger partial charge is 0.220 e. The van der Waals surface area contributed by atoms with Crippen LogP contribution in [0.2, 0.25) is 0 Å². The summed E-state index contributed by atoms with van der Waals surface area (Å²) in [6.45, 7) is 8.42. The molecule has 1 aliphatic rings. The van der Waals surface area contributed by atoms with Crippen molar-refractivity contribution in [2.75, 3.05) is 39.3 Å². The molecule has 1 aliphatic heterocycles. The molecule has 2 N–H and O–H groups in total. The van der Waals surface area contributed by atoms with Crippen molar-refractivity contribution in [3.63, 3.8) is 0 Å². The SMILES string of the molecule is Cc1ccc(CCCC(=O)NCCCN2CCNCC2)cc1.Cl. The van der Waals surface area contributed by atoms with Crippen LogP contribution in [0.5, 0.6) is 0 Å². The minimum absolute atomic E-state index is 0. The number of nitrogens with one attached hydrogen (secondary N) is 2. The Morgan fingerprint density at radius 1 is 1.17 bits per heavy atom. The first-order valence-electron chi connectivity index (χ1n) is 8.49. The average molecular weight is 340 g/mol. The highest BCUT2D eigenvalue weighted by molar-refractivity contribution is 5.85. The topological polar surface area (TPSA) is 44.4 Å². The van der Waals surface area contributed by atoms with Crippen LogP contribution in [0.15, 0.2) is 24.3 Å². The van der Waals surface area contributed by atoms with Crippen LogP contribution in [0, 0.1) is 6.92 Å². The first kappa shape index (κ1) is 19.9. The van der Waals surface area contributed by atoms with Gasteiger partial charge < -0.3 is 15.5 Å². The number of amides is 1. The molecule has 0 spiro atoms. The Labute approximate surface area is 146 Å². The lowest BCUT2D eigenvalue weighted by Crippen LogP contribution is -2.44. The van der Waals surface area contributed by atoms with Crippen LogP contribution in [-0.2, 0) is 11.2 Å². The Morgan fingerprint density at radius 2 is 1.87 bits per heavy atom. The minimum atomic E-state index is 0. The predicted molar refractivity (Wildman–Crippen MR) is 98.3 cm³/mol. The molecule has 2 rings (SSSR count). The molecule has 0 atom stereocenters. The first-order valence-corrected chi connectivity index (χ1v) is 8.49. The van der Waals surface area contributed by atoms with E-state index >= 15 is 0 Å². The van der Waals surface area contributed by atoms with E-state index in [0.29, 0.717) is 6.42 Å². The van der Waals surface area contributed by atoms with Gasteiger partial charge in [-0.1, -0.05) is 29.8 Å². The van der Waals surface area contributed by atoms with Gasteiger partial charge in [-0.05, 0) is 38.3 Å². The molecular weight excluding hydrogens is 310 g/mol. The monoisotopic (exact) mass is 339 g/mol. The second-order valence-corrected chi connectivity index (χ2v) is 6.13. The molecule has 0 aliphatic carbocycles. The van der Waals surface area contributed by atoms with Gasteiger partial charge >= 0.3 is 0 Å². The van der Waals surface area contributed by atoms with E-state index in [1.54, 1.807) is 0 Å². The van der Waals surface area contributed by atoms with Crippen LogP contribution in [0.3, 0.4) is 0 Å². The molecule has 1 saturated heterocycles. The molecule has 1 aromatic rings. The maximum absolute atomic E-state index is 11.8. The molecule has 0 bridgehead atoms. The summed E-state index contributed by atoms with van der Waals surface area (Å²) in [5.41, 5.74) is 2.60. The molecule has 23 heavy (non-hydrogen) atoms. The third-order valence-corrected chi connectivity index (χ3v) is 4.17. The van der Waals surface area contributed by atoms with Crippen molar-refractivity contribution in [2.45, 2.75) is 32.6 Å². The number of aryl methyl sites for hydroxylation is 2. The van der Waals surface area contributed by atoms with E-state index in [9.17, 15) is 4.79 Å². The number of hydrogen-bond acceptors (Lipinski definition) is 3. The van der Waals surface area contributed by atoms with Crippen molar-refractivity contribution in [1.29, 1.82) is 0 Å². The van der Waals surface area contributed by atoms with Gasteiger partial charge in [0.1, 0.15) is 0 Å². The third kappa shape index (κ3) is 8.35. The van der Waals surface area contributed by atoms with Crippen LogP contribution >= 0.6 is 12.4 Å². The lowest BCUT2D eigenvalue weighted by atomic mass is 10.1. The summed E-state index contributed by atoms with van der Waals surface area (Å²) in [6, 6.07) is 8.57. The molecule has 1 aromatic carbocycles. The van der Waals surface area contributed by atoms with Crippen LogP contribution in [0.4, 0.5) is 0 Å². The molecule has 0 saturated carbocycles. The zero-order chi connectivity index (χ0) is 15.6. The Hall–Kier alpha value is -1.10. The van der Waals surface area contributed by atoms with Gasteiger partial charge in [-0.25, -0.2) is 0 Å². The highest BCUT2D eigenvalue weighted by Crippen LogP contribution is 2.07. The lowest BCUT2D eigenvalue weighted by molar-refractivity contribution is -0.121. The van der Waals surface area contributed by atoms with Gasteiger partial charge in [0, 0.05) is 39.1 Å². The molecule has 0 radical (unpaired) electrons. The Kier molecular flexibility index (Phi) is 9.92. The number of piperazine rings is 1. The van der Waals surface area contributed by atoms with E-state index in [4.69, 9.17) is 0 Å². The summed E-state index contributed by atoms with van der Waals surface area (Å²) >= 11 is 0. The van der Waals surface area contributed by atoms with Crippen LogP contribution in [0.1, 0.15) is 30.4 Å². The number of carbonyl (C=O) groups excluding carboxylic acids is 1. The van der Waals surface area contributed by atoms with E-state index in [2.05, 4.69) is 46.7 Å². The molecule has 4 nitrogen and oxygen atoms in total. The van der Waals surface area contributed by atoms with Gasteiger partial charge in [0.2, 0.25) is 5.91 Å². The maximum Gasteiger partial charge on any atom is 0.220 e. The van der Waals surface area contributed by atoms with Crippen molar-refractivity contribution in [3.8, 4) is 0 Å². The molecule has 1 amide bonds. The standard InChI is InChI=1S/C18H29N3O.ClH/c1-16-6-8-17(9-7-16)4-2-5-18(22)20-10-3-13-21-14-11-19-12-15-21;/h6-9,19H,2-5,10-15H2,1H3,(H,20,22);1H. The largest absolute Gasteiger partial charge is 0.356 e. The van der Waals surface area contributed by atoms with Gasteiger partial charge in [0.25, 0.3) is 0 Å². The third-order valence-electron chi connectivity index (χ3n) is 4.17.